The quantitative estimate of drug-likeness (QED) is 0.824. The van der Waals surface area contributed by atoms with Gasteiger partial charge < -0.3 is 20.3 Å². The number of ether oxygens (including phenoxy) is 1. The molecule has 1 heterocycles. The predicted octanol–water partition coefficient (Wildman–Crippen LogP) is 1.80. The van der Waals surface area contributed by atoms with E-state index >= 15 is 0 Å². The molecule has 1 aromatic carbocycles. The molecule has 6 heteroatoms. The average Bonchev–Trinajstić information content (AvgIpc) is 2.60. The number of hydrogen-bond acceptors (Lipinski definition) is 3. The summed E-state index contributed by atoms with van der Waals surface area (Å²) in [6, 6.07) is 9.29. The fourth-order valence-corrected chi connectivity index (χ4v) is 2.88. The molecule has 2 unspecified atom stereocenters. The Morgan fingerprint density at radius 2 is 1.72 bits per heavy atom. The van der Waals surface area contributed by atoms with E-state index in [1.807, 2.05) is 51.1 Å². The summed E-state index contributed by atoms with van der Waals surface area (Å²) in [6.45, 7) is 8.05. The lowest BCUT2D eigenvalue weighted by Crippen LogP contribution is -2.56. The molecule has 0 aliphatic carbocycles. The first-order valence-corrected chi connectivity index (χ1v) is 8.95. The topological polar surface area (TPSA) is 70.7 Å². The van der Waals surface area contributed by atoms with Gasteiger partial charge in [-0.1, -0.05) is 44.2 Å². The monoisotopic (exact) mass is 347 g/mol. The summed E-state index contributed by atoms with van der Waals surface area (Å²) in [4.78, 5) is 26.7. The third kappa shape index (κ3) is 6.05. The van der Waals surface area contributed by atoms with Crippen molar-refractivity contribution in [1.29, 1.82) is 0 Å². The number of hydrogen-bond donors (Lipinski definition) is 2. The van der Waals surface area contributed by atoms with Crippen molar-refractivity contribution in [2.45, 2.75) is 39.3 Å². The maximum absolute atomic E-state index is 12.6. The minimum atomic E-state index is -0.548. The largest absolute Gasteiger partial charge is 0.378 e. The van der Waals surface area contributed by atoms with Crippen LogP contribution in [0.15, 0.2) is 30.3 Å². The molecule has 0 bridgehead atoms. The number of carbonyl (C=O) groups excluding carboxylic acids is 2. The Morgan fingerprint density at radius 1 is 1.08 bits per heavy atom. The lowest BCUT2D eigenvalue weighted by molar-refractivity contribution is -0.124. The molecule has 138 valence electrons. The molecule has 3 amide bonds. The number of amides is 3. The van der Waals surface area contributed by atoms with E-state index in [4.69, 9.17) is 4.74 Å². The predicted molar refractivity (Wildman–Crippen MR) is 97.3 cm³/mol. The maximum Gasteiger partial charge on any atom is 0.318 e. The Kier molecular flexibility index (Phi) is 7.25. The number of urea groups is 1. The number of nitrogens with one attached hydrogen (secondary N) is 2. The van der Waals surface area contributed by atoms with Gasteiger partial charge in [-0.3, -0.25) is 4.79 Å². The Balaban J connectivity index is 1.89. The van der Waals surface area contributed by atoms with Gasteiger partial charge in [0.25, 0.3) is 0 Å². The smallest absolute Gasteiger partial charge is 0.318 e. The third-order valence-electron chi connectivity index (χ3n) is 4.30. The van der Waals surface area contributed by atoms with Crippen molar-refractivity contribution in [3.63, 3.8) is 0 Å². The number of nitrogens with zero attached hydrogens (tertiary/aromatic N) is 1. The normalized spacial score (nSPS) is 17.0. The Hall–Kier alpha value is -2.08. The molecule has 1 saturated heterocycles. The highest BCUT2D eigenvalue weighted by atomic mass is 16.5. The van der Waals surface area contributed by atoms with Crippen molar-refractivity contribution >= 4 is 11.9 Å². The first-order valence-electron chi connectivity index (χ1n) is 8.95. The number of rotatable bonds is 6. The summed E-state index contributed by atoms with van der Waals surface area (Å²) in [7, 11) is 0. The lowest BCUT2D eigenvalue weighted by atomic mass is 10.0. The average molecular weight is 347 g/mol. The summed E-state index contributed by atoms with van der Waals surface area (Å²) in [5, 5.41) is 5.90. The van der Waals surface area contributed by atoms with Crippen LogP contribution in [0.1, 0.15) is 26.3 Å². The zero-order chi connectivity index (χ0) is 18.2. The zero-order valence-corrected chi connectivity index (χ0v) is 15.3. The molecule has 0 saturated carbocycles. The van der Waals surface area contributed by atoms with Gasteiger partial charge in [-0.25, -0.2) is 4.79 Å². The van der Waals surface area contributed by atoms with E-state index in [0.29, 0.717) is 26.3 Å². The van der Waals surface area contributed by atoms with Crippen molar-refractivity contribution < 1.29 is 14.3 Å². The maximum atomic E-state index is 12.6. The second-order valence-corrected chi connectivity index (χ2v) is 6.87. The summed E-state index contributed by atoms with van der Waals surface area (Å²) < 4.78 is 5.26. The molecular formula is C19H29N3O3. The Morgan fingerprint density at radius 3 is 2.32 bits per heavy atom. The van der Waals surface area contributed by atoms with E-state index in [1.165, 1.54) is 5.56 Å². The number of carbonyl (C=O) groups is 2. The van der Waals surface area contributed by atoms with Crippen LogP contribution in [0, 0.1) is 5.92 Å². The molecule has 0 aromatic heterocycles. The molecule has 1 fully saturated rings. The van der Waals surface area contributed by atoms with Gasteiger partial charge in [0.05, 0.1) is 13.2 Å². The molecule has 2 rings (SSSR count). The van der Waals surface area contributed by atoms with Gasteiger partial charge in [-0.15, -0.1) is 0 Å². The van der Waals surface area contributed by atoms with E-state index < -0.39 is 6.04 Å². The van der Waals surface area contributed by atoms with Crippen molar-refractivity contribution in [2.75, 3.05) is 26.3 Å². The van der Waals surface area contributed by atoms with Gasteiger partial charge in [0.2, 0.25) is 5.91 Å². The first kappa shape index (κ1) is 19.2. The molecule has 6 nitrogen and oxygen atoms in total. The van der Waals surface area contributed by atoms with E-state index in [9.17, 15) is 9.59 Å². The van der Waals surface area contributed by atoms with Crippen molar-refractivity contribution in [2.24, 2.45) is 5.92 Å². The Labute approximate surface area is 149 Å². The van der Waals surface area contributed by atoms with E-state index in [0.717, 1.165) is 6.42 Å². The van der Waals surface area contributed by atoms with Gasteiger partial charge in [-0.05, 0) is 24.8 Å². The number of morpholine rings is 1. The molecule has 25 heavy (non-hydrogen) atoms. The second kappa shape index (κ2) is 9.42. The van der Waals surface area contributed by atoms with Gasteiger partial charge in [0, 0.05) is 19.1 Å². The molecule has 1 aliphatic rings. The zero-order valence-electron chi connectivity index (χ0n) is 15.3. The van der Waals surface area contributed by atoms with Gasteiger partial charge in [0.15, 0.2) is 0 Å². The molecule has 1 aromatic rings. The van der Waals surface area contributed by atoms with E-state index in [1.54, 1.807) is 4.90 Å². The standard InChI is InChI=1S/C19H29N3O3/c1-14(2)17(21-19(24)22-9-11-25-12-10-22)18(23)20-15(3)13-16-7-5-4-6-8-16/h4-8,14-15,17H,9-13H2,1-3H3,(H,20,23)(H,21,24). The molecule has 2 N–H and O–H groups in total. The van der Waals surface area contributed by atoms with Crippen molar-refractivity contribution in [3.05, 3.63) is 35.9 Å². The van der Waals surface area contributed by atoms with E-state index in [2.05, 4.69) is 10.6 Å². The van der Waals surface area contributed by atoms with Crippen LogP contribution in [-0.2, 0) is 16.0 Å². The van der Waals surface area contributed by atoms with Crippen molar-refractivity contribution in [3.8, 4) is 0 Å². The van der Waals surface area contributed by atoms with Gasteiger partial charge in [-0.2, -0.15) is 0 Å². The lowest BCUT2D eigenvalue weighted by Gasteiger charge is -2.30. The molecule has 0 radical (unpaired) electrons. The summed E-state index contributed by atoms with van der Waals surface area (Å²) in [5.41, 5.74) is 1.17. The summed E-state index contributed by atoms with van der Waals surface area (Å²) >= 11 is 0. The molecule has 0 spiro atoms. The van der Waals surface area contributed by atoms with Gasteiger partial charge >= 0.3 is 6.03 Å². The van der Waals surface area contributed by atoms with Crippen LogP contribution in [0.5, 0.6) is 0 Å². The SMILES string of the molecule is CC(Cc1ccccc1)NC(=O)C(NC(=O)N1CCOCC1)C(C)C. The second-order valence-electron chi connectivity index (χ2n) is 6.87. The van der Waals surface area contributed by atoms with Crippen LogP contribution < -0.4 is 10.6 Å². The van der Waals surface area contributed by atoms with Crippen LogP contribution in [0.3, 0.4) is 0 Å². The van der Waals surface area contributed by atoms with Crippen LogP contribution >= 0.6 is 0 Å². The highest BCUT2D eigenvalue weighted by molar-refractivity contribution is 5.87. The van der Waals surface area contributed by atoms with Gasteiger partial charge in [0.1, 0.15) is 6.04 Å². The molecule has 1 aliphatic heterocycles. The minimum Gasteiger partial charge on any atom is -0.378 e. The molecule has 2 atom stereocenters. The van der Waals surface area contributed by atoms with Crippen LogP contribution in [-0.4, -0.2) is 55.2 Å². The van der Waals surface area contributed by atoms with E-state index in [-0.39, 0.29) is 23.9 Å². The number of benzene rings is 1. The minimum absolute atomic E-state index is 0.00330. The fraction of sp³-hybridized carbons (Fsp3) is 0.579. The van der Waals surface area contributed by atoms with Crippen LogP contribution in [0.4, 0.5) is 4.79 Å². The highest BCUT2D eigenvalue weighted by Gasteiger charge is 2.27. The first-order chi connectivity index (χ1) is 12.0. The van der Waals surface area contributed by atoms with Crippen LogP contribution in [0.25, 0.3) is 0 Å². The van der Waals surface area contributed by atoms with Crippen molar-refractivity contribution in [1.82, 2.24) is 15.5 Å². The fourth-order valence-electron chi connectivity index (χ4n) is 2.88. The third-order valence-corrected chi connectivity index (χ3v) is 4.30. The molecular weight excluding hydrogens is 318 g/mol. The highest BCUT2D eigenvalue weighted by Crippen LogP contribution is 2.07. The summed E-state index contributed by atoms with van der Waals surface area (Å²) in [5.74, 6) is -0.131. The Bertz CT molecular complexity index is 556. The van der Waals surface area contributed by atoms with Crippen LogP contribution in [0.2, 0.25) is 0 Å². The summed E-state index contributed by atoms with van der Waals surface area (Å²) in [6.07, 6.45) is 0.759.